The Balaban J connectivity index is 2.13. The van der Waals surface area contributed by atoms with Gasteiger partial charge in [0.15, 0.2) is 16.9 Å². The van der Waals surface area contributed by atoms with Gasteiger partial charge in [-0.25, -0.2) is 14.6 Å². The van der Waals surface area contributed by atoms with Crippen molar-refractivity contribution in [2.75, 3.05) is 7.11 Å². The number of halogens is 2. The Kier molecular flexibility index (Phi) is 4.59. The van der Waals surface area contributed by atoms with Crippen LogP contribution in [0.5, 0.6) is 5.88 Å². The van der Waals surface area contributed by atoms with Crippen LogP contribution in [0.25, 0.3) is 27.9 Å². The first-order valence-corrected chi connectivity index (χ1v) is 9.49. The standard InChI is InChI=1S/C17H18Cl2N8O/c1-6(2)8-10-12(25-24-8)14(22-16(18)20-10)27-13-11(9(26-27)7(3)4)21-17(19)23-15(13)28-5/h6-7H,1-5H3,(H,24,25). The molecule has 0 aliphatic rings. The second kappa shape index (κ2) is 6.82. The molecule has 0 spiro atoms. The van der Waals surface area contributed by atoms with Crippen LogP contribution in [-0.2, 0) is 0 Å². The monoisotopic (exact) mass is 420 g/mol. The van der Waals surface area contributed by atoms with Gasteiger partial charge in [-0.15, -0.1) is 0 Å². The molecule has 4 aromatic heterocycles. The first kappa shape index (κ1) is 18.8. The van der Waals surface area contributed by atoms with Gasteiger partial charge in [-0.1, -0.05) is 27.7 Å². The third-order valence-electron chi connectivity index (χ3n) is 4.39. The molecule has 0 aromatic carbocycles. The lowest BCUT2D eigenvalue weighted by Gasteiger charge is -2.07. The Hall–Kier alpha value is -2.52. The molecule has 0 aliphatic heterocycles. The summed E-state index contributed by atoms with van der Waals surface area (Å²) in [7, 11) is 1.51. The molecule has 0 unspecified atom stereocenters. The smallest absolute Gasteiger partial charge is 0.244 e. The molecular weight excluding hydrogens is 403 g/mol. The van der Waals surface area contributed by atoms with Crippen molar-refractivity contribution in [3.63, 3.8) is 0 Å². The number of methoxy groups -OCH3 is 1. The van der Waals surface area contributed by atoms with E-state index in [9.17, 15) is 0 Å². The summed E-state index contributed by atoms with van der Waals surface area (Å²) in [4.78, 5) is 17.3. The third-order valence-corrected chi connectivity index (χ3v) is 4.72. The zero-order valence-electron chi connectivity index (χ0n) is 15.9. The molecule has 146 valence electrons. The average Bonchev–Trinajstić information content (AvgIpc) is 3.21. The summed E-state index contributed by atoms with van der Waals surface area (Å²) in [5, 5.41) is 12.3. The van der Waals surface area contributed by atoms with Crippen LogP contribution in [0.1, 0.15) is 50.9 Å². The maximum atomic E-state index is 6.24. The van der Waals surface area contributed by atoms with Gasteiger partial charge in [-0.05, 0) is 35.0 Å². The summed E-state index contributed by atoms with van der Waals surface area (Å²) in [6.07, 6.45) is 0. The summed E-state index contributed by atoms with van der Waals surface area (Å²) < 4.78 is 7.05. The van der Waals surface area contributed by atoms with E-state index < -0.39 is 0 Å². The predicted octanol–water partition coefficient (Wildman–Crippen LogP) is 4.04. The number of hydrogen-bond acceptors (Lipinski definition) is 7. The Labute approximate surface area is 170 Å². The maximum Gasteiger partial charge on any atom is 0.244 e. The van der Waals surface area contributed by atoms with E-state index >= 15 is 0 Å². The molecule has 11 heteroatoms. The van der Waals surface area contributed by atoms with Gasteiger partial charge in [-0.2, -0.15) is 20.2 Å². The average molecular weight is 421 g/mol. The highest BCUT2D eigenvalue weighted by Gasteiger charge is 2.25. The summed E-state index contributed by atoms with van der Waals surface area (Å²) in [5.41, 5.74) is 3.93. The SMILES string of the molecule is COc1nc(Cl)nc2c(C(C)C)nn(-c3nc(Cl)nc4c(C(C)C)[nH]nc34)c12. The zero-order valence-corrected chi connectivity index (χ0v) is 17.5. The molecule has 28 heavy (non-hydrogen) atoms. The van der Waals surface area contributed by atoms with E-state index in [1.807, 2.05) is 27.7 Å². The van der Waals surface area contributed by atoms with Crippen molar-refractivity contribution in [2.24, 2.45) is 0 Å². The van der Waals surface area contributed by atoms with Gasteiger partial charge < -0.3 is 4.74 Å². The van der Waals surface area contributed by atoms with Gasteiger partial charge in [0.05, 0.1) is 18.5 Å². The van der Waals surface area contributed by atoms with E-state index in [1.54, 1.807) is 4.68 Å². The van der Waals surface area contributed by atoms with Crippen molar-refractivity contribution in [2.45, 2.75) is 39.5 Å². The molecule has 4 rings (SSSR count). The van der Waals surface area contributed by atoms with Crippen molar-refractivity contribution >= 4 is 45.3 Å². The van der Waals surface area contributed by atoms with E-state index in [4.69, 9.17) is 33.0 Å². The molecule has 0 fully saturated rings. The van der Waals surface area contributed by atoms with Crippen LogP contribution < -0.4 is 4.74 Å². The van der Waals surface area contributed by atoms with Gasteiger partial charge in [0.25, 0.3) is 0 Å². The molecule has 4 aromatic rings. The number of rotatable bonds is 4. The number of aromatic amines is 1. The fourth-order valence-corrected chi connectivity index (χ4v) is 3.42. The Bertz CT molecular complexity index is 1200. The quantitative estimate of drug-likeness (QED) is 0.496. The Morgan fingerprint density at radius 2 is 1.57 bits per heavy atom. The van der Waals surface area contributed by atoms with Crippen LogP contribution >= 0.6 is 23.2 Å². The molecule has 9 nitrogen and oxygen atoms in total. The second-order valence-corrected chi connectivity index (χ2v) is 7.63. The number of hydrogen-bond donors (Lipinski definition) is 1. The van der Waals surface area contributed by atoms with E-state index in [1.165, 1.54) is 7.11 Å². The minimum atomic E-state index is 0.0811. The van der Waals surface area contributed by atoms with Crippen LogP contribution in [0.3, 0.4) is 0 Å². The zero-order chi connectivity index (χ0) is 20.2. The van der Waals surface area contributed by atoms with Crippen molar-refractivity contribution < 1.29 is 4.74 Å². The maximum absolute atomic E-state index is 6.24. The van der Waals surface area contributed by atoms with Crippen molar-refractivity contribution in [1.82, 2.24) is 39.9 Å². The molecule has 0 radical (unpaired) electrons. The minimum absolute atomic E-state index is 0.0811. The summed E-state index contributed by atoms with van der Waals surface area (Å²) in [6, 6.07) is 0. The molecule has 1 N–H and O–H groups in total. The van der Waals surface area contributed by atoms with E-state index in [0.717, 1.165) is 11.4 Å². The summed E-state index contributed by atoms with van der Waals surface area (Å²) >= 11 is 12.3. The van der Waals surface area contributed by atoms with Crippen molar-refractivity contribution in [3.8, 4) is 11.7 Å². The summed E-state index contributed by atoms with van der Waals surface area (Å²) in [5.74, 6) is 0.967. The van der Waals surface area contributed by atoms with Crippen LogP contribution in [0.2, 0.25) is 10.6 Å². The molecule has 0 amide bonds. The molecule has 0 bridgehead atoms. The molecule has 0 aliphatic carbocycles. The lowest BCUT2D eigenvalue weighted by molar-refractivity contribution is 0.400. The molecule has 0 atom stereocenters. The largest absolute Gasteiger partial charge is 0.479 e. The highest BCUT2D eigenvalue weighted by atomic mass is 35.5. The van der Waals surface area contributed by atoms with Gasteiger partial charge in [0.1, 0.15) is 11.0 Å². The topological polar surface area (TPSA) is 107 Å². The highest BCUT2D eigenvalue weighted by Crippen LogP contribution is 2.34. The number of nitrogens with one attached hydrogen (secondary N) is 1. The normalized spacial score (nSPS) is 12.0. The van der Waals surface area contributed by atoms with Crippen LogP contribution in [-0.4, -0.2) is 47.0 Å². The summed E-state index contributed by atoms with van der Waals surface area (Å²) in [6.45, 7) is 8.12. The van der Waals surface area contributed by atoms with Gasteiger partial charge in [-0.3, -0.25) is 5.10 Å². The van der Waals surface area contributed by atoms with Crippen LogP contribution in [0.4, 0.5) is 0 Å². The predicted molar refractivity (Wildman–Crippen MR) is 107 cm³/mol. The lowest BCUT2D eigenvalue weighted by atomic mass is 10.1. The lowest BCUT2D eigenvalue weighted by Crippen LogP contribution is -2.05. The third kappa shape index (κ3) is 2.85. The van der Waals surface area contributed by atoms with E-state index in [0.29, 0.717) is 27.9 Å². The number of fused-ring (bicyclic) bond motifs is 2. The number of nitrogens with zero attached hydrogens (tertiary/aromatic N) is 7. The van der Waals surface area contributed by atoms with Crippen LogP contribution in [0.15, 0.2) is 0 Å². The number of ether oxygens (including phenoxy) is 1. The van der Waals surface area contributed by atoms with Crippen molar-refractivity contribution in [1.29, 1.82) is 0 Å². The van der Waals surface area contributed by atoms with Gasteiger partial charge in [0.2, 0.25) is 16.4 Å². The molecular formula is C17H18Cl2N8O. The molecule has 0 saturated carbocycles. The number of aromatic nitrogens is 8. The highest BCUT2D eigenvalue weighted by molar-refractivity contribution is 6.29. The van der Waals surface area contributed by atoms with Crippen molar-refractivity contribution in [3.05, 3.63) is 22.0 Å². The van der Waals surface area contributed by atoms with Gasteiger partial charge in [0, 0.05) is 0 Å². The molecule has 0 saturated heterocycles. The first-order valence-electron chi connectivity index (χ1n) is 8.73. The fourth-order valence-electron chi connectivity index (χ4n) is 3.09. The Morgan fingerprint density at radius 3 is 2.21 bits per heavy atom. The Morgan fingerprint density at radius 1 is 0.893 bits per heavy atom. The second-order valence-electron chi connectivity index (χ2n) is 6.96. The van der Waals surface area contributed by atoms with E-state index in [2.05, 4.69) is 30.1 Å². The van der Waals surface area contributed by atoms with Gasteiger partial charge >= 0.3 is 0 Å². The molecule has 4 heterocycles. The minimum Gasteiger partial charge on any atom is -0.479 e. The number of H-pyrrole nitrogens is 1. The van der Waals surface area contributed by atoms with Crippen LogP contribution in [0, 0.1) is 0 Å². The first-order chi connectivity index (χ1) is 13.3. The fraction of sp³-hybridized carbons (Fsp3) is 0.412. The van der Waals surface area contributed by atoms with E-state index in [-0.39, 0.29) is 28.3 Å².